The van der Waals surface area contributed by atoms with Crippen molar-refractivity contribution >= 4 is 17.8 Å². The maximum absolute atomic E-state index is 14.3. The lowest BCUT2D eigenvalue weighted by molar-refractivity contribution is -0.169. The molecule has 35 heavy (non-hydrogen) atoms. The van der Waals surface area contributed by atoms with Crippen LogP contribution in [0.5, 0.6) is 0 Å². The molecule has 198 valence electrons. The number of likely N-dealkylation sites (tertiary alicyclic amines) is 1. The molecule has 0 saturated carbocycles. The predicted octanol–water partition coefficient (Wildman–Crippen LogP) is 3.64. The molecule has 3 unspecified atom stereocenters. The van der Waals surface area contributed by atoms with Gasteiger partial charge in [-0.2, -0.15) is 0 Å². The zero-order chi connectivity index (χ0) is 26.0. The van der Waals surface area contributed by atoms with Crippen LogP contribution in [0.2, 0.25) is 0 Å². The van der Waals surface area contributed by atoms with Crippen LogP contribution in [0.1, 0.15) is 77.8 Å². The van der Waals surface area contributed by atoms with Gasteiger partial charge in [-0.25, -0.2) is 8.78 Å². The van der Waals surface area contributed by atoms with Crippen molar-refractivity contribution in [1.82, 2.24) is 15.4 Å². The average molecular weight is 502 g/mol. The van der Waals surface area contributed by atoms with E-state index in [9.17, 15) is 23.2 Å². The van der Waals surface area contributed by atoms with E-state index in [2.05, 4.69) is 10.5 Å². The third-order valence-electron chi connectivity index (χ3n) is 6.17. The zero-order valence-corrected chi connectivity index (χ0v) is 20.9. The third-order valence-corrected chi connectivity index (χ3v) is 6.17. The number of amides is 1. The molecule has 1 aliphatic heterocycles. The number of carbonyl (C=O) groups excluding carboxylic acids is 3. The van der Waals surface area contributed by atoms with Gasteiger partial charge < -0.3 is 19.3 Å². The van der Waals surface area contributed by atoms with Crippen molar-refractivity contribution in [2.45, 2.75) is 96.9 Å². The number of nitrogens with zero attached hydrogens (tertiary/aromatic N) is 2. The SMILES string of the molecule is CCCC(F)OC(=O)[C@H]1C[C@@H](c2ccon2)[C@H](C(=O)OC(F)CCC)N1CC(CC)CNC(C)=O. The molecule has 0 aliphatic carbocycles. The number of hydrogen-bond acceptors (Lipinski definition) is 8. The molecule has 1 aromatic rings. The van der Waals surface area contributed by atoms with Gasteiger partial charge in [-0.15, -0.1) is 0 Å². The van der Waals surface area contributed by atoms with Gasteiger partial charge in [0.25, 0.3) is 0 Å². The first-order valence-corrected chi connectivity index (χ1v) is 12.3. The Kier molecular flexibility index (Phi) is 11.6. The number of halogens is 2. The van der Waals surface area contributed by atoms with E-state index in [4.69, 9.17) is 14.0 Å². The van der Waals surface area contributed by atoms with Crippen LogP contribution in [-0.4, -0.2) is 65.8 Å². The van der Waals surface area contributed by atoms with Crippen LogP contribution in [0.15, 0.2) is 16.9 Å². The van der Waals surface area contributed by atoms with E-state index in [1.807, 2.05) is 6.92 Å². The molecule has 1 aliphatic rings. The summed E-state index contributed by atoms with van der Waals surface area (Å²) in [5, 5.41) is 6.69. The fraction of sp³-hybridized carbons (Fsp3) is 0.750. The van der Waals surface area contributed by atoms with Gasteiger partial charge in [-0.3, -0.25) is 19.3 Å². The van der Waals surface area contributed by atoms with Gasteiger partial charge in [0.1, 0.15) is 18.3 Å². The summed E-state index contributed by atoms with van der Waals surface area (Å²) >= 11 is 0. The lowest BCUT2D eigenvalue weighted by Gasteiger charge is -2.32. The van der Waals surface area contributed by atoms with E-state index in [0.29, 0.717) is 31.5 Å². The highest BCUT2D eigenvalue weighted by Crippen LogP contribution is 2.39. The van der Waals surface area contributed by atoms with E-state index < -0.39 is 42.7 Å². The molecule has 11 heteroatoms. The third kappa shape index (κ3) is 8.26. The normalized spacial score (nSPS) is 22.9. The van der Waals surface area contributed by atoms with Crippen LogP contribution in [0.25, 0.3) is 0 Å². The highest BCUT2D eigenvalue weighted by molar-refractivity contribution is 5.83. The number of alkyl halides is 2. The van der Waals surface area contributed by atoms with Crippen LogP contribution >= 0.6 is 0 Å². The minimum absolute atomic E-state index is 0.0409. The second kappa shape index (κ2) is 14.1. The second-order valence-corrected chi connectivity index (χ2v) is 8.91. The van der Waals surface area contributed by atoms with E-state index in [0.717, 1.165) is 0 Å². The Labute approximate surface area is 204 Å². The summed E-state index contributed by atoms with van der Waals surface area (Å²) in [4.78, 5) is 39.3. The topological polar surface area (TPSA) is 111 Å². The molecule has 2 heterocycles. The number of hydrogen-bond donors (Lipinski definition) is 1. The Morgan fingerprint density at radius 1 is 1.14 bits per heavy atom. The molecule has 2 rings (SSSR count). The molecule has 6 atom stereocenters. The smallest absolute Gasteiger partial charge is 0.326 e. The first-order valence-electron chi connectivity index (χ1n) is 12.3. The van der Waals surface area contributed by atoms with Crippen molar-refractivity contribution in [3.63, 3.8) is 0 Å². The highest BCUT2D eigenvalue weighted by atomic mass is 19.1. The standard InChI is InChI=1S/C24H37F2N3O6/c1-5-8-20(25)34-23(31)19-12-17(18-10-11-33-28-18)22(24(32)35-21(26)9-6-2)29(19)14-16(7-3)13-27-15(4)30/h10-11,16-17,19-22H,5-9,12-14H2,1-4H3,(H,27,30)/t16?,17-,19+,20?,21?,22+/m0/s1. The summed E-state index contributed by atoms with van der Waals surface area (Å²) in [5.74, 6) is -2.66. The molecule has 1 fully saturated rings. The van der Waals surface area contributed by atoms with Gasteiger partial charge in [0, 0.05) is 44.8 Å². The molecule has 0 spiro atoms. The van der Waals surface area contributed by atoms with Gasteiger partial charge in [-0.05, 0) is 25.2 Å². The summed E-state index contributed by atoms with van der Waals surface area (Å²) in [7, 11) is 0. The zero-order valence-electron chi connectivity index (χ0n) is 20.9. The Morgan fingerprint density at radius 3 is 2.29 bits per heavy atom. The van der Waals surface area contributed by atoms with Crippen molar-refractivity contribution in [3.8, 4) is 0 Å². The van der Waals surface area contributed by atoms with Gasteiger partial charge in [-0.1, -0.05) is 32.3 Å². The van der Waals surface area contributed by atoms with E-state index in [1.165, 1.54) is 13.2 Å². The predicted molar refractivity (Wildman–Crippen MR) is 122 cm³/mol. The molecule has 1 aromatic heterocycles. The molecule has 9 nitrogen and oxygen atoms in total. The molecule has 0 bridgehead atoms. The van der Waals surface area contributed by atoms with Crippen LogP contribution < -0.4 is 5.32 Å². The molecular weight excluding hydrogens is 464 g/mol. The maximum Gasteiger partial charge on any atom is 0.326 e. The summed E-state index contributed by atoms with van der Waals surface area (Å²) in [6.45, 7) is 7.35. The molecule has 0 aromatic carbocycles. The molecule has 1 saturated heterocycles. The van der Waals surface area contributed by atoms with Crippen LogP contribution in [0.4, 0.5) is 8.78 Å². The number of aromatic nitrogens is 1. The number of rotatable bonds is 14. The van der Waals surface area contributed by atoms with Gasteiger partial charge in [0.05, 0.1) is 5.69 Å². The molecule has 0 radical (unpaired) electrons. The van der Waals surface area contributed by atoms with Gasteiger partial charge >= 0.3 is 11.9 Å². The Hall–Kier alpha value is -2.56. The van der Waals surface area contributed by atoms with E-state index >= 15 is 0 Å². The van der Waals surface area contributed by atoms with Crippen molar-refractivity contribution in [3.05, 3.63) is 18.0 Å². The van der Waals surface area contributed by atoms with E-state index in [1.54, 1.807) is 24.8 Å². The first kappa shape index (κ1) is 28.7. The summed E-state index contributed by atoms with van der Waals surface area (Å²) in [6.07, 6.45) is -0.448. The number of ether oxygens (including phenoxy) is 2. The van der Waals surface area contributed by atoms with Gasteiger partial charge in [0.15, 0.2) is 0 Å². The average Bonchev–Trinajstić information content (AvgIpc) is 3.44. The maximum atomic E-state index is 14.3. The Morgan fingerprint density at radius 2 is 1.77 bits per heavy atom. The lowest BCUT2D eigenvalue weighted by Crippen LogP contribution is -2.50. The summed E-state index contributed by atoms with van der Waals surface area (Å²) < 4.78 is 43.5. The van der Waals surface area contributed by atoms with Crippen LogP contribution in [0.3, 0.4) is 0 Å². The Bertz CT molecular complexity index is 809. The van der Waals surface area contributed by atoms with Crippen molar-refractivity contribution < 1.29 is 37.2 Å². The van der Waals surface area contributed by atoms with Crippen LogP contribution in [-0.2, 0) is 23.9 Å². The quantitative estimate of drug-likeness (QED) is 0.385. The van der Waals surface area contributed by atoms with Crippen LogP contribution in [0, 0.1) is 5.92 Å². The van der Waals surface area contributed by atoms with Crippen molar-refractivity contribution in [2.24, 2.45) is 5.92 Å². The lowest BCUT2D eigenvalue weighted by atomic mass is 9.95. The number of nitrogens with one attached hydrogen (secondary N) is 1. The van der Waals surface area contributed by atoms with E-state index in [-0.39, 0.29) is 37.6 Å². The largest absolute Gasteiger partial charge is 0.430 e. The summed E-state index contributed by atoms with van der Waals surface area (Å²) in [5.41, 5.74) is 0.401. The second-order valence-electron chi connectivity index (χ2n) is 8.91. The fourth-order valence-corrected chi connectivity index (χ4v) is 4.29. The Balaban J connectivity index is 2.39. The monoisotopic (exact) mass is 501 g/mol. The van der Waals surface area contributed by atoms with Gasteiger partial charge in [0.2, 0.25) is 18.6 Å². The molecule has 1 N–H and O–H groups in total. The molecular formula is C24H37F2N3O6. The number of esters is 2. The number of carbonyl (C=O) groups is 3. The summed E-state index contributed by atoms with van der Waals surface area (Å²) in [6, 6.07) is -0.484. The van der Waals surface area contributed by atoms with Crippen molar-refractivity contribution in [1.29, 1.82) is 0 Å². The molecule has 1 amide bonds. The first-order chi connectivity index (χ1) is 16.7. The van der Waals surface area contributed by atoms with Crippen molar-refractivity contribution in [2.75, 3.05) is 13.1 Å². The minimum Gasteiger partial charge on any atom is -0.430 e. The highest BCUT2D eigenvalue weighted by Gasteiger charge is 2.52. The fourth-order valence-electron chi connectivity index (χ4n) is 4.29. The minimum atomic E-state index is -1.79.